The van der Waals surface area contributed by atoms with Crippen LogP contribution >= 0.6 is 0 Å². The molecule has 0 spiro atoms. The molecule has 1 amide bonds. The molecule has 3 aromatic heterocycles. The van der Waals surface area contributed by atoms with Gasteiger partial charge in [0, 0.05) is 38.7 Å². The first-order valence-electron chi connectivity index (χ1n) is 6.62. The first-order chi connectivity index (χ1) is 10.3. The highest BCUT2D eigenvalue weighted by Gasteiger charge is 2.10. The van der Waals surface area contributed by atoms with Gasteiger partial charge in [-0.25, -0.2) is 4.52 Å². The maximum atomic E-state index is 11.3. The van der Waals surface area contributed by atoms with Gasteiger partial charge in [0.25, 0.3) is 0 Å². The lowest BCUT2D eigenvalue weighted by atomic mass is 10.3. The minimum atomic E-state index is -0.120. The molecule has 0 saturated heterocycles. The molecule has 0 saturated carbocycles. The Bertz CT molecular complexity index is 727. The number of aromatic nitrogens is 3. The summed E-state index contributed by atoms with van der Waals surface area (Å²) in [6, 6.07) is 5.66. The minimum Gasteiger partial charge on any atom is -0.463 e. The van der Waals surface area contributed by atoms with Gasteiger partial charge in [-0.2, -0.15) is 5.10 Å². The maximum absolute atomic E-state index is 11.3. The number of amides is 1. The molecule has 0 aliphatic rings. The molecule has 3 heterocycles. The highest BCUT2D eigenvalue weighted by Crippen LogP contribution is 2.20. The van der Waals surface area contributed by atoms with Gasteiger partial charge >= 0.3 is 0 Å². The number of nitrogens with zero attached hydrogens (tertiary/aromatic N) is 3. The molecular weight excluding hydrogens is 272 g/mol. The zero-order chi connectivity index (χ0) is 14.7. The van der Waals surface area contributed by atoms with E-state index in [0.717, 1.165) is 17.1 Å². The Labute approximate surface area is 121 Å². The fraction of sp³-hybridized carbons (Fsp3) is 0.286. The van der Waals surface area contributed by atoms with Gasteiger partial charge in [0.2, 0.25) is 5.91 Å². The Morgan fingerprint density at radius 3 is 3.14 bits per heavy atom. The number of carbonyl (C=O) groups is 1. The Balaban J connectivity index is 1.70. The average Bonchev–Trinajstić information content (AvgIpc) is 3.15. The van der Waals surface area contributed by atoms with E-state index in [9.17, 15) is 4.79 Å². The number of methoxy groups -OCH3 is 1. The van der Waals surface area contributed by atoms with E-state index in [1.54, 1.807) is 10.8 Å². The van der Waals surface area contributed by atoms with E-state index in [-0.39, 0.29) is 12.5 Å². The molecule has 21 heavy (non-hydrogen) atoms. The summed E-state index contributed by atoms with van der Waals surface area (Å²) in [5.41, 5.74) is 1.73. The molecule has 0 atom stereocenters. The van der Waals surface area contributed by atoms with E-state index in [0.29, 0.717) is 13.1 Å². The van der Waals surface area contributed by atoms with Crippen molar-refractivity contribution in [2.24, 2.45) is 0 Å². The van der Waals surface area contributed by atoms with Crippen LogP contribution in [-0.4, -0.2) is 40.3 Å². The zero-order valence-electron chi connectivity index (χ0n) is 11.7. The second-order valence-electron chi connectivity index (χ2n) is 4.58. The number of imidazole rings is 1. The fourth-order valence-electron chi connectivity index (χ4n) is 2.16. The van der Waals surface area contributed by atoms with Crippen molar-refractivity contribution in [1.29, 1.82) is 0 Å². The van der Waals surface area contributed by atoms with Crippen molar-refractivity contribution in [2.45, 2.75) is 6.54 Å². The lowest BCUT2D eigenvalue weighted by Gasteiger charge is -2.05. The third-order valence-electron chi connectivity index (χ3n) is 3.12. The first-order valence-corrected chi connectivity index (χ1v) is 6.62. The second-order valence-corrected chi connectivity index (χ2v) is 4.58. The average molecular weight is 288 g/mol. The summed E-state index contributed by atoms with van der Waals surface area (Å²) in [4.78, 5) is 11.3. The molecule has 0 bridgehead atoms. The van der Waals surface area contributed by atoms with Crippen LogP contribution in [-0.2, 0) is 16.1 Å². The Kier molecular flexibility index (Phi) is 3.74. The second kappa shape index (κ2) is 5.84. The monoisotopic (exact) mass is 288 g/mol. The molecule has 110 valence electrons. The number of nitrogens with one attached hydrogen (secondary N) is 1. The van der Waals surface area contributed by atoms with E-state index < -0.39 is 0 Å². The van der Waals surface area contributed by atoms with Crippen molar-refractivity contribution >= 4 is 11.6 Å². The maximum Gasteiger partial charge on any atom is 0.246 e. The van der Waals surface area contributed by atoms with Crippen LogP contribution in [0.4, 0.5) is 0 Å². The summed E-state index contributed by atoms with van der Waals surface area (Å²) in [6.45, 7) is 1.28. The number of furan rings is 1. The normalized spacial score (nSPS) is 11.1. The Hall–Kier alpha value is -2.54. The molecule has 3 rings (SSSR count). The van der Waals surface area contributed by atoms with Crippen LogP contribution in [0.1, 0.15) is 0 Å². The number of fused-ring (bicyclic) bond motifs is 1. The van der Waals surface area contributed by atoms with Crippen molar-refractivity contribution in [2.75, 3.05) is 20.3 Å². The van der Waals surface area contributed by atoms with Gasteiger partial charge in [0.1, 0.15) is 17.9 Å². The number of rotatable bonds is 6. The summed E-state index contributed by atoms with van der Waals surface area (Å²) in [5, 5.41) is 7.23. The van der Waals surface area contributed by atoms with E-state index in [2.05, 4.69) is 10.4 Å². The van der Waals surface area contributed by atoms with Crippen LogP contribution in [0.15, 0.2) is 41.3 Å². The third kappa shape index (κ3) is 2.82. The highest BCUT2D eigenvalue weighted by molar-refractivity contribution is 5.77. The van der Waals surface area contributed by atoms with E-state index in [1.165, 1.54) is 7.11 Å². The van der Waals surface area contributed by atoms with Crippen LogP contribution in [0.2, 0.25) is 0 Å². The Morgan fingerprint density at radius 2 is 2.38 bits per heavy atom. The predicted octanol–water partition coefficient (Wildman–Crippen LogP) is 1.16. The van der Waals surface area contributed by atoms with Crippen LogP contribution in [0, 0.1) is 0 Å². The quantitative estimate of drug-likeness (QED) is 0.738. The molecule has 0 fully saturated rings. The van der Waals surface area contributed by atoms with Gasteiger partial charge < -0.3 is 19.0 Å². The van der Waals surface area contributed by atoms with Crippen LogP contribution < -0.4 is 5.32 Å². The summed E-state index contributed by atoms with van der Waals surface area (Å²) in [5.74, 6) is 0.615. The lowest BCUT2D eigenvalue weighted by Crippen LogP contribution is -2.30. The number of carbonyl (C=O) groups excluding carboxylic acids is 1. The minimum absolute atomic E-state index is 0.0798. The standard InChI is InChI=1S/C14H16N4O3/c1-20-10-13(19)15-4-5-17-6-7-18-14(17)9-11(16-18)12-3-2-8-21-12/h2-3,6-9H,4-5,10H2,1H3,(H,15,19). The molecule has 1 N–H and O–H groups in total. The number of hydrogen-bond donors (Lipinski definition) is 1. The van der Waals surface area contributed by atoms with Crippen LogP contribution in [0.25, 0.3) is 17.1 Å². The SMILES string of the molecule is COCC(=O)NCCn1ccn2nc(-c3ccco3)cc12. The first kappa shape index (κ1) is 13.4. The molecule has 0 aliphatic carbocycles. The lowest BCUT2D eigenvalue weighted by molar-refractivity contribution is -0.124. The van der Waals surface area contributed by atoms with E-state index in [4.69, 9.17) is 9.15 Å². The smallest absolute Gasteiger partial charge is 0.246 e. The summed E-state index contributed by atoms with van der Waals surface area (Å²) < 4.78 is 13.9. The van der Waals surface area contributed by atoms with Crippen molar-refractivity contribution in [3.05, 3.63) is 36.9 Å². The zero-order valence-corrected chi connectivity index (χ0v) is 11.7. The van der Waals surface area contributed by atoms with Gasteiger partial charge in [-0.05, 0) is 12.1 Å². The molecular formula is C14H16N4O3. The van der Waals surface area contributed by atoms with Crippen molar-refractivity contribution < 1.29 is 13.9 Å². The Morgan fingerprint density at radius 1 is 1.48 bits per heavy atom. The van der Waals surface area contributed by atoms with E-state index in [1.807, 2.05) is 35.2 Å². The van der Waals surface area contributed by atoms with Crippen LogP contribution in [0.3, 0.4) is 0 Å². The van der Waals surface area contributed by atoms with Crippen LogP contribution in [0.5, 0.6) is 0 Å². The van der Waals surface area contributed by atoms with E-state index >= 15 is 0 Å². The predicted molar refractivity (Wildman–Crippen MR) is 75.8 cm³/mol. The van der Waals surface area contributed by atoms with Crippen molar-refractivity contribution in [3.63, 3.8) is 0 Å². The van der Waals surface area contributed by atoms with Gasteiger partial charge in [-0.15, -0.1) is 0 Å². The topological polar surface area (TPSA) is 73.7 Å². The molecule has 3 aromatic rings. The van der Waals surface area contributed by atoms with Gasteiger partial charge in [-0.1, -0.05) is 0 Å². The largest absolute Gasteiger partial charge is 0.463 e. The molecule has 0 radical (unpaired) electrons. The molecule has 0 aliphatic heterocycles. The molecule has 0 unspecified atom stereocenters. The van der Waals surface area contributed by atoms with Gasteiger partial charge in [0.05, 0.1) is 6.26 Å². The summed E-state index contributed by atoms with van der Waals surface area (Å²) in [7, 11) is 1.50. The molecule has 7 nitrogen and oxygen atoms in total. The molecule has 0 aromatic carbocycles. The van der Waals surface area contributed by atoms with Crippen molar-refractivity contribution in [1.82, 2.24) is 19.5 Å². The van der Waals surface area contributed by atoms with Gasteiger partial charge in [-0.3, -0.25) is 4.79 Å². The third-order valence-corrected chi connectivity index (χ3v) is 3.12. The summed E-state index contributed by atoms with van der Waals surface area (Å²) in [6.07, 6.45) is 5.42. The molecule has 7 heteroatoms. The van der Waals surface area contributed by atoms with Crippen molar-refractivity contribution in [3.8, 4) is 11.5 Å². The summed E-state index contributed by atoms with van der Waals surface area (Å²) >= 11 is 0. The highest BCUT2D eigenvalue weighted by atomic mass is 16.5. The fourth-order valence-corrected chi connectivity index (χ4v) is 2.16. The number of ether oxygens (including phenoxy) is 1. The number of hydrogen-bond acceptors (Lipinski definition) is 4. The van der Waals surface area contributed by atoms with Gasteiger partial charge in [0.15, 0.2) is 5.76 Å².